The molecule has 0 bridgehead atoms. The Balaban J connectivity index is 1.85. The third kappa shape index (κ3) is 2.81. The zero-order valence-electron chi connectivity index (χ0n) is 16.5. The minimum absolute atomic E-state index is 0.0284. The summed E-state index contributed by atoms with van der Waals surface area (Å²) >= 11 is 3.53. The number of aliphatic hydroxyl groups is 1. The molecule has 0 fully saturated rings. The van der Waals surface area contributed by atoms with E-state index in [1.54, 1.807) is 4.90 Å². The Bertz CT molecular complexity index is 1260. The molecule has 0 aliphatic carbocycles. The number of para-hydroxylation sites is 1. The van der Waals surface area contributed by atoms with E-state index in [1.807, 2.05) is 48.5 Å². The molecule has 4 aromatic rings. The third-order valence-electron chi connectivity index (χ3n) is 5.94. The highest BCUT2D eigenvalue weighted by Crippen LogP contribution is 2.46. The van der Waals surface area contributed by atoms with Gasteiger partial charge in [-0.15, -0.1) is 0 Å². The second-order valence-corrected chi connectivity index (χ2v) is 8.47. The Morgan fingerprint density at radius 3 is 2.43 bits per heavy atom. The van der Waals surface area contributed by atoms with Crippen molar-refractivity contribution in [3.05, 3.63) is 94.0 Å². The lowest BCUT2D eigenvalue weighted by Crippen LogP contribution is -2.31. The van der Waals surface area contributed by atoms with Gasteiger partial charge in [-0.2, -0.15) is 0 Å². The van der Waals surface area contributed by atoms with Crippen molar-refractivity contribution < 1.29 is 9.90 Å². The van der Waals surface area contributed by atoms with Crippen molar-refractivity contribution in [1.82, 2.24) is 9.47 Å². The molecule has 4 nitrogen and oxygen atoms in total. The van der Waals surface area contributed by atoms with Crippen LogP contribution in [-0.4, -0.2) is 33.6 Å². The molecule has 1 atom stereocenters. The molecule has 0 saturated heterocycles. The van der Waals surface area contributed by atoms with Crippen LogP contribution in [0.25, 0.3) is 22.2 Å². The Morgan fingerprint density at radius 2 is 1.67 bits per heavy atom. The maximum atomic E-state index is 13.2. The van der Waals surface area contributed by atoms with Gasteiger partial charge in [0.2, 0.25) is 0 Å². The minimum atomic E-state index is -0.245. The fourth-order valence-corrected chi connectivity index (χ4v) is 4.94. The second kappa shape index (κ2) is 7.42. The van der Waals surface area contributed by atoms with Crippen LogP contribution in [0.4, 0.5) is 0 Å². The first-order valence-electron chi connectivity index (χ1n) is 9.96. The molecule has 2 heterocycles. The molecular formula is C25H21BrN2O2. The van der Waals surface area contributed by atoms with Gasteiger partial charge in [-0.25, -0.2) is 0 Å². The molecule has 5 heteroatoms. The zero-order valence-corrected chi connectivity index (χ0v) is 18.1. The van der Waals surface area contributed by atoms with Crippen molar-refractivity contribution in [2.24, 2.45) is 7.05 Å². The number of carbonyl (C=O) groups excluding carboxylic acids is 1. The van der Waals surface area contributed by atoms with E-state index >= 15 is 0 Å². The third-order valence-corrected chi connectivity index (χ3v) is 6.47. The van der Waals surface area contributed by atoms with Crippen molar-refractivity contribution in [1.29, 1.82) is 0 Å². The van der Waals surface area contributed by atoms with E-state index in [0.29, 0.717) is 12.1 Å². The zero-order chi connectivity index (χ0) is 20.8. The molecule has 0 spiro atoms. The average molecular weight is 461 g/mol. The fourth-order valence-electron chi connectivity index (χ4n) is 4.68. The maximum Gasteiger partial charge on any atom is 0.255 e. The number of rotatable bonds is 4. The molecular weight excluding hydrogens is 440 g/mol. The van der Waals surface area contributed by atoms with Crippen LogP contribution in [0.15, 0.2) is 77.3 Å². The van der Waals surface area contributed by atoms with Gasteiger partial charge >= 0.3 is 0 Å². The monoisotopic (exact) mass is 460 g/mol. The largest absolute Gasteiger partial charge is 0.395 e. The van der Waals surface area contributed by atoms with Gasteiger partial charge in [0.15, 0.2) is 0 Å². The van der Waals surface area contributed by atoms with Crippen LogP contribution >= 0.6 is 15.9 Å². The van der Waals surface area contributed by atoms with Gasteiger partial charge in [-0.3, -0.25) is 4.79 Å². The predicted molar refractivity (Wildman–Crippen MR) is 122 cm³/mol. The number of amides is 1. The maximum absolute atomic E-state index is 13.2. The SMILES string of the molecule is Cn1c(-c2ccc(Br)cc2)c([C@@H]2c3ccccc3C(=O)N2CCO)c2ccccc21. The lowest BCUT2D eigenvalue weighted by molar-refractivity contribution is 0.0713. The van der Waals surface area contributed by atoms with Crippen molar-refractivity contribution in [3.8, 4) is 11.3 Å². The van der Waals surface area contributed by atoms with Crippen LogP contribution in [0.2, 0.25) is 0 Å². The topological polar surface area (TPSA) is 45.5 Å². The standard InChI is InChI=1S/C25H21BrN2O2/c1-27-21-9-5-4-8-20(21)22(23(27)16-10-12-17(26)13-11-16)24-18-6-2-3-7-19(18)25(30)28(24)14-15-29/h2-13,24,29H,14-15H2,1H3/t24-/m0/s1. The molecule has 0 unspecified atom stereocenters. The van der Waals surface area contributed by atoms with Crippen molar-refractivity contribution in [2.45, 2.75) is 6.04 Å². The van der Waals surface area contributed by atoms with E-state index in [1.165, 1.54) is 0 Å². The Morgan fingerprint density at radius 1 is 0.967 bits per heavy atom. The number of hydrogen-bond donors (Lipinski definition) is 1. The molecule has 0 radical (unpaired) electrons. The van der Waals surface area contributed by atoms with Gasteiger partial charge in [0, 0.05) is 40.1 Å². The van der Waals surface area contributed by atoms with Gasteiger partial charge in [0.1, 0.15) is 0 Å². The highest BCUT2D eigenvalue weighted by molar-refractivity contribution is 9.10. The van der Waals surface area contributed by atoms with Crippen LogP contribution in [0.1, 0.15) is 27.5 Å². The van der Waals surface area contributed by atoms with Gasteiger partial charge in [0.25, 0.3) is 5.91 Å². The van der Waals surface area contributed by atoms with Gasteiger partial charge in [0.05, 0.1) is 18.3 Å². The number of hydrogen-bond acceptors (Lipinski definition) is 2. The first-order chi connectivity index (χ1) is 14.6. The van der Waals surface area contributed by atoms with E-state index in [9.17, 15) is 9.90 Å². The van der Waals surface area contributed by atoms with Gasteiger partial charge in [-0.1, -0.05) is 64.5 Å². The van der Waals surface area contributed by atoms with Crippen LogP contribution < -0.4 is 0 Å². The number of β-amino-alcohol motifs (C(OH)–C–C–N with tert-alkyl or cyclic N) is 1. The number of aryl methyl sites for hydroxylation is 1. The summed E-state index contributed by atoms with van der Waals surface area (Å²) in [5.74, 6) is -0.0284. The summed E-state index contributed by atoms with van der Waals surface area (Å²) in [4.78, 5) is 15.0. The number of halogens is 1. The van der Waals surface area contributed by atoms with Crippen molar-refractivity contribution >= 4 is 32.7 Å². The summed E-state index contributed by atoms with van der Waals surface area (Å²) in [5, 5.41) is 10.8. The van der Waals surface area contributed by atoms with Crippen LogP contribution in [-0.2, 0) is 7.05 Å². The number of carbonyl (C=O) groups is 1. The smallest absolute Gasteiger partial charge is 0.255 e. The Kier molecular flexibility index (Phi) is 4.72. The summed E-state index contributed by atoms with van der Waals surface area (Å²) in [5.41, 5.74) is 6.10. The van der Waals surface area contributed by atoms with E-state index in [0.717, 1.165) is 37.8 Å². The molecule has 1 aromatic heterocycles. The molecule has 1 amide bonds. The summed E-state index contributed by atoms with van der Waals surface area (Å²) in [6.07, 6.45) is 0. The van der Waals surface area contributed by atoms with Crippen LogP contribution in [0, 0.1) is 0 Å². The Hall–Kier alpha value is -2.89. The van der Waals surface area contributed by atoms with Crippen molar-refractivity contribution in [2.75, 3.05) is 13.2 Å². The van der Waals surface area contributed by atoms with E-state index in [4.69, 9.17) is 0 Å². The predicted octanol–water partition coefficient (Wildman–Crippen LogP) is 5.15. The van der Waals surface area contributed by atoms with E-state index in [-0.39, 0.29) is 18.6 Å². The Labute approximate surface area is 183 Å². The molecule has 0 saturated carbocycles. The molecule has 1 N–H and O–H groups in total. The first kappa shape index (κ1) is 19.1. The first-order valence-corrected chi connectivity index (χ1v) is 10.7. The summed E-state index contributed by atoms with van der Waals surface area (Å²) in [6.45, 7) is 0.218. The highest BCUT2D eigenvalue weighted by atomic mass is 79.9. The lowest BCUT2D eigenvalue weighted by Gasteiger charge is -2.26. The van der Waals surface area contributed by atoms with Gasteiger partial charge < -0.3 is 14.6 Å². The number of benzene rings is 3. The molecule has 1 aliphatic heterocycles. The fraction of sp³-hybridized carbons (Fsp3) is 0.160. The molecule has 30 heavy (non-hydrogen) atoms. The lowest BCUT2D eigenvalue weighted by atomic mass is 9.93. The summed E-state index contributed by atoms with van der Waals surface area (Å²) < 4.78 is 3.23. The number of aliphatic hydroxyl groups excluding tert-OH is 1. The van der Waals surface area contributed by atoms with E-state index in [2.05, 4.69) is 51.8 Å². The molecule has 3 aromatic carbocycles. The van der Waals surface area contributed by atoms with Crippen LogP contribution in [0.5, 0.6) is 0 Å². The normalized spacial score (nSPS) is 15.8. The van der Waals surface area contributed by atoms with Crippen molar-refractivity contribution in [3.63, 3.8) is 0 Å². The minimum Gasteiger partial charge on any atom is -0.395 e. The van der Waals surface area contributed by atoms with E-state index < -0.39 is 0 Å². The quantitative estimate of drug-likeness (QED) is 0.457. The van der Waals surface area contributed by atoms with Gasteiger partial charge in [-0.05, 0) is 35.4 Å². The second-order valence-electron chi connectivity index (χ2n) is 7.56. The molecule has 5 rings (SSSR count). The average Bonchev–Trinajstić information content (AvgIpc) is 3.21. The number of aromatic nitrogens is 1. The van der Waals surface area contributed by atoms with Crippen LogP contribution in [0.3, 0.4) is 0 Å². The molecule has 1 aliphatic rings. The summed E-state index contributed by atoms with van der Waals surface area (Å²) in [6, 6.07) is 24.1. The molecule has 150 valence electrons. The number of fused-ring (bicyclic) bond motifs is 2. The summed E-state index contributed by atoms with van der Waals surface area (Å²) in [7, 11) is 2.07. The number of nitrogens with zero attached hydrogens (tertiary/aromatic N) is 2. The highest BCUT2D eigenvalue weighted by Gasteiger charge is 2.40.